The lowest BCUT2D eigenvalue weighted by atomic mass is 9.87. The summed E-state index contributed by atoms with van der Waals surface area (Å²) in [5.41, 5.74) is 1.53. The van der Waals surface area contributed by atoms with E-state index in [1.165, 1.54) is 0 Å². The van der Waals surface area contributed by atoms with Gasteiger partial charge in [0.1, 0.15) is 0 Å². The number of thioether (sulfide) groups is 1. The number of hydrogen-bond acceptors (Lipinski definition) is 3. The SMILES string of the molecule is CC(N)C(O)(c1ccc(SC(F)F)cc1)C(F)(F)F. The molecule has 0 radical (unpaired) electrons. The topological polar surface area (TPSA) is 46.2 Å². The molecule has 108 valence electrons. The maximum atomic E-state index is 12.9. The van der Waals surface area contributed by atoms with Crippen LogP contribution >= 0.6 is 11.8 Å². The Morgan fingerprint density at radius 1 is 1.16 bits per heavy atom. The highest BCUT2D eigenvalue weighted by Gasteiger charge is 2.57. The van der Waals surface area contributed by atoms with E-state index in [0.717, 1.165) is 31.2 Å². The van der Waals surface area contributed by atoms with Crippen LogP contribution in [-0.2, 0) is 5.60 Å². The van der Waals surface area contributed by atoms with E-state index in [0.29, 0.717) is 0 Å². The zero-order valence-corrected chi connectivity index (χ0v) is 10.6. The lowest BCUT2D eigenvalue weighted by Crippen LogP contribution is -2.54. The molecule has 0 aliphatic rings. The fourth-order valence-corrected chi connectivity index (χ4v) is 2.07. The zero-order valence-electron chi connectivity index (χ0n) is 9.79. The predicted octanol–water partition coefficient (Wildman–Crippen LogP) is 3.10. The van der Waals surface area contributed by atoms with Gasteiger partial charge < -0.3 is 10.8 Å². The minimum Gasteiger partial charge on any atom is -0.375 e. The zero-order chi connectivity index (χ0) is 14.8. The number of aliphatic hydroxyl groups is 1. The molecule has 0 aliphatic carbocycles. The van der Waals surface area contributed by atoms with Crippen molar-refractivity contribution in [3.8, 4) is 0 Å². The molecule has 0 aliphatic heterocycles. The minimum atomic E-state index is -4.96. The molecule has 2 unspecified atom stereocenters. The number of halogens is 5. The average molecular weight is 301 g/mol. The monoisotopic (exact) mass is 301 g/mol. The van der Waals surface area contributed by atoms with Crippen LogP contribution in [0.1, 0.15) is 12.5 Å². The van der Waals surface area contributed by atoms with Crippen molar-refractivity contribution in [1.29, 1.82) is 0 Å². The Hall–Kier alpha value is -0.860. The van der Waals surface area contributed by atoms with E-state index in [4.69, 9.17) is 5.73 Å². The first-order valence-corrected chi connectivity index (χ1v) is 6.07. The molecule has 0 amide bonds. The van der Waals surface area contributed by atoms with E-state index in [2.05, 4.69) is 0 Å². The van der Waals surface area contributed by atoms with E-state index in [1.807, 2.05) is 0 Å². The van der Waals surface area contributed by atoms with Gasteiger partial charge in [0.05, 0.1) is 0 Å². The van der Waals surface area contributed by atoms with Gasteiger partial charge in [0.2, 0.25) is 5.60 Å². The maximum Gasteiger partial charge on any atom is 0.422 e. The molecule has 0 saturated carbocycles. The molecular weight excluding hydrogens is 289 g/mol. The van der Waals surface area contributed by atoms with Gasteiger partial charge in [-0.25, -0.2) is 0 Å². The van der Waals surface area contributed by atoms with Crippen molar-refractivity contribution in [1.82, 2.24) is 0 Å². The molecule has 0 spiro atoms. The third-order valence-corrected chi connectivity index (χ3v) is 3.33. The van der Waals surface area contributed by atoms with Gasteiger partial charge >= 0.3 is 6.18 Å². The number of rotatable bonds is 4. The molecule has 2 nitrogen and oxygen atoms in total. The molecule has 1 aromatic carbocycles. The summed E-state index contributed by atoms with van der Waals surface area (Å²) in [7, 11) is 0. The summed E-state index contributed by atoms with van der Waals surface area (Å²) in [6.07, 6.45) is -4.96. The summed E-state index contributed by atoms with van der Waals surface area (Å²) in [6.45, 7) is 1.02. The smallest absolute Gasteiger partial charge is 0.375 e. The van der Waals surface area contributed by atoms with E-state index < -0.39 is 29.1 Å². The molecule has 19 heavy (non-hydrogen) atoms. The first-order valence-electron chi connectivity index (χ1n) is 5.19. The van der Waals surface area contributed by atoms with Gasteiger partial charge in [-0.3, -0.25) is 0 Å². The normalized spacial score (nSPS) is 17.3. The molecule has 2 atom stereocenters. The summed E-state index contributed by atoms with van der Waals surface area (Å²) in [5.74, 6) is -2.67. The molecule has 0 bridgehead atoms. The van der Waals surface area contributed by atoms with E-state index in [-0.39, 0.29) is 16.7 Å². The summed E-state index contributed by atoms with van der Waals surface area (Å²) in [5, 5.41) is 9.76. The minimum absolute atomic E-state index is 0.105. The second kappa shape index (κ2) is 5.64. The van der Waals surface area contributed by atoms with Crippen molar-refractivity contribution < 1.29 is 27.1 Å². The molecular formula is C11H12F5NOS. The van der Waals surface area contributed by atoms with Crippen molar-refractivity contribution in [2.75, 3.05) is 0 Å². The van der Waals surface area contributed by atoms with E-state index in [9.17, 15) is 27.1 Å². The molecule has 0 saturated heterocycles. The average Bonchev–Trinajstić information content (AvgIpc) is 2.26. The second-order valence-corrected chi connectivity index (χ2v) is 5.02. The van der Waals surface area contributed by atoms with Crippen LogP contribution in [0.25, 0.3) is 0 Å². The highest BCUT2D eigenvalue weighted by molar-refractivity contribution is 7.99. The first-order chi connectivity index (χ1) is 8.59. The molecule has 0 fully saturated rings. The standard InChI is InChI=1S/C11H12F5NOS/c1-6(17)10(18,11(14,15)16)7-2-4-8(5-3-7)19-9(12)13/h2-6,9,18H,17H2,1H3. The van der Waals surface area contributed by atoms with Crippen molar-refractivity contribution in [3.63, 3.8) is 0 Å². The van der Waals surface area contributed by atoms with Crippen LogP contribution in [0.3, 0.4) is 0 Å². The first kappa shape index (κ1) is 16.2. The van der Waals surface area contributed by atoms with Gasteiger partial charge in [0.25, 0.3) is 5.76 Å². The van der Waals surface area contributed by atoms with Gasteiger partial charge in [-0.1, -0.05) is 23.9 Å². The molecule has 3 N–H and O–H groups in total. The lowest BCUT2D eigenvalue weighted by Gasteiger charge is -2.34. The third kappa shape index (κ3) is 3.37. The fraction of sp³-hybridized carbons (Fsp3) is 0.455. The Morgan fingerprint density at radius 2 is 1.63 bits per heavy atom. The Morgan fingerprint density at radius 3 is 1.95 bits per heavy atom. The molecule has 0 aromatic heterocycles. The van der Waals surface area contributed by atoms with Crippen molar-refractivity contribution >= 4 is 11.8 Å². The third-order valence-electron chi connectivity index (χ3n) is 2.61. The molecule has 0 heterocycles. The second-order valence-electron chi connectivity index (χ2n) is 3.96. The van der Waals surface area contributed by atoms with Gasteiger partial charge in [-0.2, -0.15) is 22.0 Å². The highest BCUT2D eigenvalue weighted by Crippen LogP contribution is 2.41. The molecule has 8 heteroatoms. The van der Waals surface area contributed by atoms with Crippen LogP contribution in [-0.4, -0.2) is 23.1 Å². The van der Waals surface area contributed by atoms with Crippen LogP contribution in [0.2, 0.25) is 0 Å². The van der Waals surface area contributed by atoms with Gasteiger partial charge in [0, 0.05) is 10.9 Å². The summed E-state index contributed by atoms with van der Waals surface area (Å²) in [6, 6.07) is 2.47. The van der Waals surface area contributed by atoms with Crippen LogP contribution in [0, 0.1) is 0 Å². The fourth-order valence-electron chi connectivity index (χ4n) is 1.58. The highest BCUT2D eigenvalue weighted by atomic mass is 32.2. The Balaban J connectivity index is 3.13. The van der Waals surface area contributed by atoms with Crippen LogP contribution < -0.4 is 5.73 Å². The van der Waals surface area contributed by atoms with Crippen LogP contribution in [0.15, 0.2) is 29.2 Å². The largest absolute Gasteiger partial charge is 0.422 e. The van der Waals surface area contributed by atoms with Gasteiger partial charge in [-0.05, 0) is 24.6 Å². The predicted molar refractivity (Wildman–Crippen MR) is 61.9 cm³/mol. The van der Waals surface area contributed by atoms with E-state index >= 15 is 0 Å². The van der Waals surface area contributed by atoms with E-state index in [1.54, 1.807) is 0 Å². The van der Waals surface area contributed by atoms with Gasteiger partial charge in [0.15, 0.2) is 0 Å². The van der Waals surface area contributed by atoms with Gasteiger partial charge in [-0.15, -0.1) is 0 Å². The Kier molecular flexibility index (Phi) is 4.81. The van der Waals surface area contributed by atoms with Crippen molar-refractivity contribution in [2.45, 2.75) is 35.4 Å². The quantitative estimate of drug-likeness (QED) is 0.663. The Bertz CT molecular complexity index is 420. The number of alkyl halides is 5. The van der Waals surface area contributed by atoms with Crippen molar-refractivity contribution in [2.24, 2.45) is 5.73 Å². The Labute approximate surface area is 110 Å². The summed E-state index contributed by atoms with van der Waals surface area (Å²) in [4.78, 5) is 0.105. The summed E-state index contributed by atoms with van der Waals surface area (Å²) < 4.78 is 62.9. The van der Waals surface area contributed by atoms with Crippen LogP contribution in [0.4, 0.5) is 22.0 Å². The molecule has 1 rings (SSSR count). The molecule has 1 aromatic rings. The number of hydrogen-bond donors (Lipinski definition) is 2. The number of nitrogens with two attached hydrogens (primary N) is 1. The number of benzene rings is 1. The maximum absolute atomic E-state index is 12.9. The van der Waals surface area contributed by atoms with Crippen molar-refractivity contribution in [3.05, 3.63) is 29.8 Å². The van der Waals surface area contributed by atoms with Crippen LogP contribution in [0.5, 0.6) is 0 Å². The lowest BCUT2D eigenvalue weighted by molar-refractivity contribution is -0.272. The summed E-state index contributed by atoms with van der Waals surface area (Å²) >= 11 is 0.206.